The van der Waals surface area contributed by atoms with Gasteiger partial charge < -0.3 is 89.9 Å². The van der Waals surface area contributed by atoms with E-state index in [9.17, 15) is 61.0 Å². The van der Waals surface area contributed by atoms with Gasteiger partial charge in [-0.05, 0) is 77.0 Å². The molecule has 12 N–H and O–H groups in total. The zero-order chi connectivity index (χ0) is 71.8. The van der Waals surface area contributed by atoms with Gasteiger partial charge in [0, 0.05) is 6.42 Å². The van der Waals surface area contributed by atoms with E-state index in [1.165, 1.54) is 148 Å². The number of nitrogens with one attached hydrogen (secondary N) is 1. The molecule has 0 bridgehead atoms. The quantitative estimate of drug-likeness (QED) is 0.0199. The maximum absolute atomic E-state index is 13.5. The van der Waals surface area contributed by atoms with E-state index in [4.69, 9.17) is 28.4 Å². The van der Waals surface area contributed by atoms with Gasteiger partial charge in [0.05, 0.1) is 38.6 Å². The maximum atomic E-state index is 13.5. The van der Waals surface area contributed by atoms with E-state index in [0.29, 0.717) is 6.42 Å². The summed E-state index contributed by atoms with van der Waals surface area (Å²) in [6, 6.07) is -0.980. The first-order chi connectivity index (χ1) is 48.3. The number of aliphatic hydroxyl groups is 11. The summed E-state index contributed by atoms with van der Waals surface area (Å²) in [6.07, 6.45) is 53.8. The molecule has 0 spiro atoms. The second-order valence-electron chi connectivity index (χ2n) is 27.4. The van der Waals surface area contributed by atoms with Crippen LogP contribution in [0, 0.1) is 0 Å². The van der Waals surface area contributed by atoms with Crippen LogP contribution in [0.15, 0.2) is 97.2 Å². The predicted octanol–water partition coefficient (Wildman–Crippen LogP) is 12.4. The number of ether oxygens (including phenoxy) is 6. The maximum Gasteiger partial charge on any atom is 0.220 e. The Kier molecular flexibility index (Phi) is 54.5. The molecule has 572 valence electrons. The van der Waals surface area contributed by atoms with Gasteiger partial charge in [-0.1, -0.05) is 284 Å². The Hall–Kier alpha value is -3.29. The van der Waals surface area contributed by atoms with Crippen LogP contribution in [-0.2, 0) is 33.2 Å². The highest BCUT2D eigenvalue weighted by Crippen LogP contribution is 2.33. The molecule has 0 aromatic rings. The van der Waals surface area contributed by atoms with Crippen molar-refractivity contribution < 1.29 is 89.4 Å². The molecular formula is C80H139NO18. The van der Waals surface area contributed by atoms with Gasteiger partial charge in [-0.3, -0.25) is 4.79 Å². The molecule has 3 saturated heterocycles. The molecular weight excluding hydrogens is 1260 g/mol. The number of rotatable bonds is 60. The fraction of sp³-hybridized carbons (Fsp3) is 0.787. The van der Waals surface area contributed by atoms with Gasteiger partial charge >= 0.3 is 0 Å². The summed E-state index contributed by atoms with van der Waals surface area (Å²) >= 11 is 0. The number of allylic oxidation sites excluding steroid dienone is 15. The van der Waals surface area contributed by atoms with Crippen molar-refractivity contribution in [1.82, 2.24) is 5.32 Å². The number of hydrogen-bond acceptors (Lipinski definition) is 18. The van der Waals surface area contributed by atoms with Gasteiger partial charge in [-0.2, -0.15) is 0 Å². The van der Waals surface area contributed by atoms with E-state index in [1.807, 2.05) is 6.08 Å². The van der Waals surface area contributed by atoms with Gasteiger partial charge in [-0.25, -0.2) is 0 Å². The van der Waals surface area contributed by atoms with E-state index in [2.05, 4.69) is 104 Å². The Labute approximate surface area is 596 Å². The molecule has 1 amide bonds. The molecule has 19 heteroatoms. The minimum absolute atomic E-state index is 0.237. The van der Waals surface area contributed by atoms with Crippen LogP contribution in [0.25, 0.3) is 0 Å². The molecule has 0 radical (unpaired) electrons. The van der Waals surface area contributed by atoms with Gasteiger partial charge in [0.1, 0.15) is 73.2 Å². The first-order valence-corrected chi connectivity index (χ1v) is 39.0. The van der Waals surface area contributed by atoms with Crippen molar-refractivity contribution in [2.45, 2.75) is 375 Å². The van der Waals surface area contributed by atoms with Crippen LogP contribution in [0.5, 0.6) is 0 Å². The SMILES string of the molecule is CC/C=C\C/C=C\C/C=C\C/C=C\C/C=C\C/C=C\C/C=C\CCCCCCCCCCCCCCCC(=O)NC(COC1OC(CO)C(OC2OC(CO)C(OC3OC(CO)C(O)C(O)C3O)C(O)C2O)C(O)C1O)C(O)/C=C/CCCCCCCCCCCCCCCCCCC. The highest BCUT2D eigenvalue weighted by Gasteiger charge is 2.53. The van der Waals surface area contributed by atoms with Crippen molar-refractivity contribution in [1.29, 1.82) is 0 Å². The van der Waals surface area contributed by atoms with E-state index in [1.54, 1.807) is 6.08 Å². The average molecular weight is 1400 g/mol. The van der Waals surface area contributed by atoms with Crippen LogP contribution in [0.1, 0.15) is 271 Å². The number of carbonyl (C=O) groups excluding carboxylic acids is 1. The summed E-state index contributed by atoms with van der Waals surface area (Å²) in [5, 5.41) is 121. The molecule has 3 aliphatic heterocycles. The lowest BCUT2D eigenvalue weighted by atomic mass is 9.96. The van der Waals surface area contributed by atoms with Crippen molar-refractivity contribution in [2.24, 2.45) is 0 Å². The zero-order valence-electron chi connectivity index (χ0n) is 60.9. The molecule has 3 heterocycles. The summed E-state index contributed by atoms with van der Waals surface area (Å²) in [5.41, 5.74) is 0. The van der Waals surface area contributed by atoms with Gasteiger partial charge in [0.2, 0.25) is 5.91 Å². The van der Waals surface area contributed by atoms with Gasteiger partial charge in [0.15, 0.2) is 18.9 Å². The van der Waals surface area contributed by atoms with Crippen LogP contribution in [-0.4, -0.2) is 193 Å². The molecule has 3 rings (SSSR count). The fourth-order valence-corrected chi connectivity index (χ4v) is 12.6. The Morgan fingerprint density at radius 2 is 0.697 bits per heavy atom. The summed E-state index contributed by atoms with van der Waals surface area (Å²) in [6.45, 7) is 1.63. The van der Waals surface area contributed by atoms with Crippen LogP contribution in [0.3, 0.4) is 0 Å². The summed E-state index contributed by atoms with van der Waals surface area (Å²) in [4.78, 5) is 13.5. The highest BCUT2D eigenvalue weighted by molar-refractivity contribution is 5.76. The standard InChI is InChI=1S/C80H139NO18/c1-3-5-7-9-11-13-15-17-19-21-23-24-25-26-27-28-29-30-31-32-33-34-35-36-37-38-40-42-44-46-48-50-52-54-56-58-68(86)81-63(64(85)57-55-53-51-49-47-45-43-41-39-22-20-18-16-14-12-10-8-6-4-2)62-94-78-74(92)71(89)76(66(60-83)96-78)99-80-75(93)72(90)77(67(61-84)97-80)98-79-73(91)70(88)69(87)65(59-82)95-79/h5,7,11,13,17,19,23-24,26-27,29-30,32-33,55,57,63-67,69-80,82-85,87-93H,3-4,6,8-10,12,14-16,18,20-22,25,28,31,34-54,56,58-62H2,1-2H3,(H,81,86)/b7-5-,13-11-,19-17-,24-23-,27-26-,30-29-,33-32-,57-55+. The highest BCUT2D eigenvalue weighted by atomic mass is 16.8. The van der Waals surface area contributed by atoms with E-state index in [0.717, 1.165) is 96.3 Å². The summed E-state index contributed by atoms with van der Waals surface area (Å²) in [5.74, 6) is -0.278. The molecule has 99 heavy (non-hydrogen) atoms. The van der Waals surface area contributed by atoms with Crippen LogP contribution < -0.4 is 5.32 Å². The average Bonchev–Trinajstić information content (AvgIpc) is 0.784. The normalized spacial score (nSPS) is 27.1. The van der Waals surface area contributed by atoms with Crippen LogP contribution >= 0.6 is 0 Å². The predicted molar refractivity (Wildman–Crippen MR) is 392 cm³/mol. The number of carbonyl (C=O) groups is 1. The molecule has 19 nitrogen and oxygen atoms in total. The van der Waals surface area contributed by atoms with Gasteiger partial charge in [0.25, 0.3) is 0 Å². The number of aliphatic hydroxyl groups excluding tert-OH is 11. The summed E-state index contributed by atoms with van der Waals surface area (Å²) in [7, 11) is 0. The van der Waals surface area contributed by atoms with E-state index >= 15 is 0 Å². The third kappa shape index (κ3) is 40.5. The lowest BCUT2D eigenvalue weighted by Gasteiger charge is -2.48. The smallest absolute Gasteiger partial charge is 0.220 e. The molecule has 0 saturated carbocycles. The molecule has 0 aromatic carbocycles. The Morgan fingerprint density at radius 1 is 0.374 bits per heavy atom. The molecule has 3 aliphatic rings. The Balaban J connectivity index is 1.36. The van der Waals surface area contributed by atoms with Crippen LogP contribution in [0.4, 0.5) is 0 Å². The monoisotopic (exact) mass is 1400 g/mol. The second-order valence-corrected chi connectivity index (χ2v) is 27.4. The van der Waals surface area contributed by atoms with E-state index in [-0.39, 0.29) is 18.9 Å². The molecule has 3 fully saturated rings. The van der Waals surface area contributed by atoms with Crippen molar-refractivity contribution in [2.75, 3.05) is 26.4 Å². The lowest BCUT2D eigenvalue weighted by Crippen LogP contribution is -2.66. The third-order valence-corrected chi connectivity index (χ3v) is 18.9. The van der Waals surface area contributed by atoms with Gasteiger partial charge in [-0.15, -0.1) is 0 Å². The second kappa shape index (κ2) is 60.0. The van der Waals surface area contributed by atoms with Crippen LogP contribution in [0.2, 0.25) is 0 Å². The molecule has 17 atom stereocenters. The van der Waals surface area contributed by atoms with Crippen molar-refractivity contribution in [3.63, 3.8) is 0 Å². The number of amides is 1. The third-order valence-electron chi connectivity index (χ3n) is 18.9. The minimum Gasteiger partial charge on any atom is -0.394 e. The molecule has 17 unspecified atom stereocenters. The fourth-order valence-electron chi connectivity index (χ4n) is 12.6. The first kappa shape index (κ1) is 89.9. The van der Waals surface area contributed by atoms with Crippen molar-refractivity contribution in [3.8, 4) is 0 Å². The number of hydrogen-bond donors (Lipinski definition) is 12. The lowest BCUT2D eigenvalue weighted by molar-refractivity contribution is -0.379. The largest absolute Gasteiger partial charge is 0.394 e. The summed E-state index contributed by atoms with van der Waals surface area (Å²) < 4.78 is 34.4. The van der Waals surface area contributed by atoms with Crippen molar-refractivity contribution >= 4 is 5.91 Å². The Morgan fingerprint density at radius 3 is 1.09 bits per heavy atom. The van der Waals surface area contributed by atoms with E-state index < -0.39 is 124 Å². The van der Waals surface area contributed by atoms with Crippen molar-refractivity contribution in [3.05, 3.63) is 97.2 Å². The topological polar surface area (TPSA) is 307 Å². The minimum atomic E-state index is -1.98. The Bertz CT molecular complexity index is 2170. The molecule has 0 aromatic heterocycles. The zero-order valence-corrected chi connectivity index (χ0v) is 60.9. The molecule has 0 aliphatic carbocycles. The number of unbranched alkanes of at least 4 members (excludes halogenated alkanes) is 30. The first-order valence-electron chi connectivity index (χ1n) is 39.0.